The zero-order valence-electron chi connectivity index (χ0n) is 5.64. The second-order valence-electron chi connectivity index (χ2n) is 2.49. The van der Waals surface area contributed by atoms with Crippen LogP contribution in [-0.2, 0) is 0 Å². The minimum atomic E-state index is 0.806. The Balaban J connectivity index is 2.59. The van der Waals surface area contributed by atoms with Crippen molar-refractivity contribution >= 4 is 11.8 Å². The maximum Gasteiger partial charge on any atom is 0.0123 e. The molecule has 0 fully saturated rings. The lowest BCUT2D eigenvalue weighted by molar-refractivity contribution is 0.687. The molecular weight excluding hydrogens is 116 g/mol. The van der Waals surface area contributed by atoms with Crippen LogP contribution in [0.25, 0.3) is 0 Å². The molecule has 0 bridgehead atoms. The molecule has 1 heterocycles. The van der Waals surface area contributed by atoms with E-state index >= 15 is 0 Å². The van der Waals surface area contributed by atoms with Crippen LogP contribution in [0.4, 0.5) is 0 Å². The van der Waals surface area contributed by atoms with Gasteiger partial charge in [-0.1, -0.05) is 19.4 Å². The van der Waals surface area contributed by atoms with Gasteiger partial charge < -0.3 is 0 Å². The Labute approximate surface area is 55.4 Å². The van der Waals surface area contributed by atoms with Crippen LogP contribution in [0.5, 0.6) is 0 Å². The zero-order chi connectivity index (χ0) is 6.15. The fourth-order valence-electron chi connectivity index (χ4n) is 0.810. The molecule has 0 N–H and O–H groups in total. The van der Waals surface area contributed by atoms with Gasteiger partial charge in [-0.05, 0) is 18.2 Å². The van der Waals surface area contributed by atoms with Gasteiger partial charge in [0.15, 0.2) is 0 Å². The van der Waals surface area contributed by atoms with Crippen molar-refractivity contribution in [2.24, 2.45) is 5.92 Å². The molecule has 0 radical (unpaired) electrons. The van der Waals surface area contributed by atoms with Crippen molar-refractivity contribution in [2.45, 2.75) is 26.0 Å². The van der Waals surface area contributed by atoms with E-state index in [1.165, 1.54) is 0 Å². The molecule has 1 heteroatoms. The first-order valence-corrected chi connectivity index (χ1v) is 3.98. The molecule has 0 saturated carbocycles. The molecule has 0 aromatic carbocycles. The van der Waals surface area contributed by atoms with E-state index in [0.717, 1.165) is 11.2 Å². The fraction of sp³-hybridized carbons (Fsp3) is 0.714. The van der Waals surface area contributed by atoms with Gasteiger partial charge in [0.1, 0.15) is 0 Å². The summed E-state index contributed by atoms with van der Waals surface area (Å²) >= 11 is 1.95. The summed E-state index contributed by atoms with van der Waals surface area (Å²) in [4.78, 5) is 0. The molecule has 46 valence electrons. The highest BCUT2D eigenvalue weighted by Crippen LogP contribution is 2.34. The lowest BCUT2D eigenvalue weighted by Gasteiger charge is -2.08. The summed E-state index contributed by atoms with van der Waals surface area (Å²) in [5.41, 5.74) is 1.54. The summed E-state index contributed by atoms with van der Waals surface area (Å²) in [6, 6.07) is 0. The quantitative estimate of drug-likeness (QED) is 0.483. The monoisotopic (exact) mass is 128 g/mol. The average molecular weight is 128 g/mol. The number of allylic oxidation sites excluding steroid dienone is 1. The summed E-state index contributed by atoms with van der Waals surface area (Å²) in [7, 11) is 0. The smallest absolute Gasteiger partial charge is 0.0123 e. The van der Waals surface area contributed by atoms with Crippen molar-refractivity contribution in [1.29, 1.82) is 0 Å². The summed E-state index contributed by atoms with van der Waals surface area (Å²) < 4.78 is 0. The predicted molar refractivity (Wildman–Crippen MR) is 40.0 cm³/mol. The lowest BCUT2D eigenvalue weighted by Crippen LogP contribution is -2.04. The second-order valence-corrected chi connectivity index (χ2v) is 3.74. The van der Waals surface area contributed by atoms with Gasteiger partial charge in [0.05, 0.1) is 0 Å². The molecule has 8 heavy (non-hydrogen) atoms. The molecule has 1 aliphatic heterocycles. The Bertz CT molecular complexity index is 116. The minimum Gasteiger partial charge on any atom is -0.130 e. The molecule has 2 unspecified atom stereocenters. The van der Waals surface area contributed by atoms with Gasteiger partial charge in [0.2, 0.25) is 0 Å². The Morgan fingerprint density at radius 1 is 1.50 bits per heavy atom. The lowest BCUT2D eigenvalue weighted by atomic mass is 10.0. The van der Waals surface area contributed by atoms with Gasteiger partial charge >= 0.3 is 0 Å². The fourth-order valence-corrected chi connectivity index (χ4v) is 1.90. The molecule has 0 nitrogen and oxygen atoms in total. The highest BCUT2D eigenvalue weighted by molar-refractivity contribution is 8.03. The van der Waals surface area contributed by atoms with Crippen LogP contribution >= 0.6 is 11.8 Å². The first-order chi connectivity index (χ1) is 3.72. The summed E-state index contributed by atoms with van der Waals surface area (Å²) in [6.45, 7) is 6.78. The highest BCUT2D eigenvalue weighted by atomic mass is 32.2. The van der Waals surface area contributed by atoms with Crippen molar-refractivity contribution in [2.75, 3.05) is 0 Å². The molecular formula is C7H12S. The third-order valence-electron chi connectivity index (χ3n) is 1.89. The summed E-state index contributed by atoms with van der Waals surface area (Å²) in [6.07, 6.45) is 0. The maximum absolute atomic E-state index is 2.29. The van der Waals surface area contributed by atoms with E-state index in [0.29, 0.717) is 0 Å². The van der Waals surface area contributed by atoms with Gasteiger partial charge in [-0.25, -0.2) is 0 Å². The normalized spacial score (nSPS) is 37.6. The third kappa shape index (κ3) is 0.921. The van der Waals surface area contributed by atoms with E-state index in [9.17, 15) is 0 Å². The van der Waals surface area contributed by atoms with Crippen LogP contribution in [0.15, 0.2) is 11.0 Å². The van der Waals surface area contributed by atoms with Crippen molar-refractivity contribution < 1.29 is 0 Å². The number of thioether (sulfide) groups is 1. The maximum atomic E-state index is 2.29. The van der Waals surface area contributed by atoms with Gasteiger partial charge in [0.25, 0.3) is 0 Å². The molecule has 0 aliphatic carbocycles. The van der Waals surface area contributed by atoms with Crippen LogP contribution in [0.2, 0.25) is 0 Å². The van der Waals surface area contributed by atoms with E-state index in [2.05, 4.69) is 26.2 Å². The molecule has 0 aromatic heterocycles. The largest absolute Gasteiger partial charge is 0.130 e. The molecule has 0 spiro atoms. The van der Waals surface area contributed by atoms with Gasteiger partial charge in [-0.15, -0.1) is 11.8 Å². The molecule has 0 saturated heterocycles. The van der Waals surface area contributed by atoms with E-state index < -0.39 is 0 Å². The Morgan fingerprint density at radius 3 is 2.25 bits per heavy atom. The first kappa shape index (κ1) is 6.21. The standard InChI is InChI=1S/C7H12S/c1-5-4-8-7(3)6(5)2/h4,6-7H,1-3H3. The highest BCUT2D eigenvalue weighted by Gasteiger charge is 2.18. The van der Waals surface area contributed by atoms with E-state index in [-0.39, 0.29) is 0 Å². The van der Waals surface area contributed by atoms with Crippen LogP contribution < -0.4 is 0 Å². The van der Waals surface area contributed by atoms with Crippen molar-refractivity contribution in [3.8, 4) is 0 Å². The van der Waals surface area contributed by atoms with Crippen molar-refractivity contribution in [3.05, 3.63) is 11.0 Å². The van der Waals surface area contributed by atoms with Crippen LogP contribution in [0, 0.1) is 5.92 Å². The molecule has 1 aliphatic rings. The van der Waals surface area contributed by atoms with Crippen LogP contribution in [0.3, 0.4) is 0 Å². The van der Waals surface area contributed by atoms with E-state index in [4.69, 9.17) is 0 Å². The second kappa shape index (κ2) is 2.14. The Morgan fingerprint density at radius 2 is 2.12 bits per heavy atom. The van der Waals surface area contributed by atoms with Gasteiger partial charge in [-0.3, -0.25) is 0 Å². The molecule has 0 aromatic rings. The van der Waals surface area contributed by atoms with E-state index in [1.54, 1.807) is 5.57 Å². The van der Waals surface area contributed by atoms with Gasteiger partial charge in [0, 0.05) is 5.25 Å². The first-order valence-electron chi connectivity index (χ1n) is 3.04. The number of rotatable bonds is 0. The summed E-state index contributed by atoms with van der Waals surface area (Å²) in [5.74, 6) is 0.806. The zero-order valence-corrected chi connectivity index (χ0v) is 6.46. The third-order valence-corrected chi connectivity index (χ3v) is 3.24. The SMILES string of the molecule is CC1=CSC(C)C1C. The van der Waals surface area contributed by atoms with Crippen molar-refractivity contribution in [3.63, 3.8) is 0 Å². The predicted octanol–water partition coefficient (Wildman–Crippen LogP) is 2.66. The topological polar surface area (TPSA) is 0 Å². The van der Waals surface area contributed by atoms with Crippen LogP contribution in [0.1, 0.15) is 20.8 Å². The Kier molecular flexibility index (Phi) is 1.66. The molecule has 2 atom stereocenters. The number of hydrogen-bond acceptors (Lipinski definition) is 1. The van der Waals surface area contributed by atoms with E-state index in [1.807, 2.05) is 11.8 Å². The minimum absolute atomic E-state index is 0.806. The molecule has 0 amide bonds. The Hall–Kier alpha value is 0.0900. The van der Waals surface area contributed by atoms with Crippen molar-refractivity contribution in [1.82, 2.24) is 0 Å². The molecule has 1 rings (SSSR count). The number of hydrogen-bond donors (Lipinski definition) is 0. The summed E-state index contributed by atoms with van der Waals surface area (Å²) in [5, 5.41) is 3.09. The van der Waals surface area contributed by atoms with Crippen LogP contribution in [-0.4, -0.2) is 5.25 Å². The average Bonchev–Trinajstić information content (AvgIpc) is 1.98. The van der Waals surface area contributed by atoms with Gasteiger partial charge in [-0.2, -0.15) is 0 Å².